The Morgan fingerprint density at radius 2 is 1.75 bits per heavy atom. The number of urea groups is 1. The van der Waals surface area contributed by atoms with Crippen LogP contribution in [0.15, 0.2) is 29.4 Å². The van der Waals surface area contributed by atoms with Crippen molar-refractivity contribution in [1.82, 2.24) is 25.4 Å². The molecule has 1 aliphatic rings. The quantitative estimate of drug-likeness (QED) is 0.551. The van der Waals surface area contributed by atoms with Crippen molar-refractivity contribution in [3.05, 3.63) is 24.3 Å². The van der Waals surface area contributed by atoms with E-state index in [1.165, 1.54) is 23.9 Å². The minimum Gasteiger partial charge on any atom is -0.372 e. The first-order valence-electron chi connectivity index (χ1n) is 11.6. The summed E-state index contributed by atoms with van der Waals surface area (Å²) in [4.78, 5) is 26.6. The molecule has 1 fully saturated rings. The summed E-state index contributed by atoms with van der Waals surface area (Å²) >= 11 is 1.29. The Hall–Kier alpha value is -2.55. The molecule has 0 radical (unpaired) electrons. The van der Waals surface area contributed by atoms with Crippen LogP contribution in [0.2, 0.25) is 0 Å². The van der Waals surface area contributed by atoms with Crippen LogP contribution in [-0.4, -0.2) is 51.6 Å². The standard InChI is InChI=1S/C23H34N6O2S/c1-4-28(5-2)19-14-12-17(13-15-19)21-26-27-23(29(21)6-3)32-16-20(30)25-22(31)24-18-10-8-7-9-11-18/h12-15,18H,4-11,16H2,1-3H3,(H2,24,25,30,31). The largest absolute Gasteiger partial charge is 0.372 e. The van der Waals surface area contributed by atoms with Crippen molar-refractivity contribution in [2.45, 2.75) is 70.6 Å². The van der Waals surface area contributed by atoms with Gasteiger partial charge in [-0.2, -0.15) is 0 Å². The molecule has 32 heavy (non-hydrogen) atoms. The van der Waals surface area contributed by atoms with Crippen LogP contribution in [0.3, 0.4) is 0 Å². The van der Waals surface area contributed by atoms with Gasteiger partial charge in [-0.1, -0.05) is 31.0 Å². The van der Waals surface area contributed by atoms with E-state index in [4.69, 9.17) is 0 Å². The number of thioether (sulfide) groups is 1. The third-order valence-electron chi connectivity index (χ3n) is 5.81. The topological polar surface area (TPSA) is 92.2 Å². The number of benzene rings is 1. The number of anilines is 1. The van der Waals surface area contributed by atoms with E-state index in [9.17, 15) is 9.59 Å². The Morgan fingerprint density at radius 3 is 2.38 bits per heavy atom. The number of imide groups is 1. The second-order valence-corrected chi connectivity index (χ2v) is 8.86. The van der Waals surface area contributed by atoms with Crippen LogP contribution in [0.5, 0.6) is 0 Å². The lowest BCUT2D eigenvalue weighted by atomic mass is 9.96. The molecule has 0 bridgehead atoms. The van der Waals surface area contributed by atoms with E-state index in [-0.39, 0.29) is 17.7 Å². The van der Waals surface area contributed by atoms with E-state index in [0.717, 1.165) is 50.2 Å². The average molecular weight is 459 g/mol. The zero-order valence-corrected chi connectivity index (χ0v) is 20.1. The highest BCUT2D eigenvalue weighted by atomic mass is 32.2. The highest BCUT2D eigenvalue weighted by Gasteiger charge is 2.18. The minimum absolute atomic E-state index is 0.108. The molecular formula is C23H34N6O2S. The van der Waals surface area contributed by atoms with Crippen LogP contribution in [0.25, 0.3) is 11.4 Å². The molecule has 0 unspecified atom stereocenters. The molecule has 1 aromatic carbocycles. The van der Waals surface area contributed by atoms with Gasteiger partial charge in [0.1, 0.15) is 0 Å². The molecule has 0 saturated heterocycles. The maximum Gasteiger partial charge on any atom is 0.321 e. The van der Waals surface area contributed by atoms with Crippen LogP contribution in [0.1, 0.15) is 52.9 Å². The van der Waals surface area contributed by atoms with Gasteiger partial charge < -0.3 is 14.8 Å². The molecule has 0 atom stereocenters. The predicted octanol–water partition coefficient (Wildman–Crippen LogP) is 4.06. The van der Waals surface area contributed by atoms with Crippen LogP contribution in [0, 0.1) is 0 Å². The first-order valence-corrected chi connectivity index (χ1v) is 12.6. The van der Waals surface area contributed by atoms with Gasteiger partial charge in [0.05, 0.1) is 5.75 Å². The van der Waals surface area contributed by atoms with Gasteiger partial charge in [-0.15, -0.1) is 10.2 Å². The van der Waals surface area contributed by atoms with Crippen molar-refractivity contribution in [2.24, 2.45) is 0 Å². The Morgan fingerprint density at radius 1 is 1.06 bits per heavy atom. The van der Waals surface area contributed by atoms with Crippen molar-refractivity contribution >= 4 is 29.4 Å². The molecule has 1 aliphatic carbocycles. The van der Waals surface area contributed by atoms with E-state index in [2.05, 4.69) is 63.8 Å². The lowest BCUT2D eigenvalue weighted by Gasteiger charge is -2.22. The van der Waals surface area contributed by atoms with E-state index in [0.29, 0.717) is 11.7 Å². The van der Waals surface area contributed by atoms with Gasteiger partial charge in [0.25, 0.3) is 0 Å². The number of carbonyl (C=O) groups is 2. The predicted molar refractivity (Wildman–Crippen MR) is 129 cm³/mol. The monoisotopic (exact) mass is 458 g/mol. The molecule has 8 nitrogen and oxygen atoms in total. The fraction of sp³-hybridized carbons (Fsp3) is 0.565. The van der Waals surface area contributed by atoms with Crippen molar-refractivity contribution in [1.29, 1.82) is 0 Å². The number of hydrogen-bond donors (Lipinski definition) is 2. The number of aromatic nitrogens is 3. The molecule has 0 spiro atoms. The maximum atomic E-state index is 12.2. The van der Waals surface area contributed by atoms with E-state index in [1.807, 2.05) is 11.5 Å². The molecule has 1 heterocycles. The van der Waals surface area contributed by atoms with Gasteiger partial charge in [-0.25, -0.2) is 4.79 Å². The molecule has 1 aromatic heterocycles. The summed E-state index contributed by atoms with van der Waals surface area (Å²) in [5.41, 5.74) is 2.16. The summed E-state index contributed by atoms with van der Waals surface area (Å²) in [6.07, 6.45) is 5.43. The van der Waals surface area contributed by atoms with Gasteiger partial charge in [0.2, 0.25) is 5.91 Å². The van der Waals surface area contributed by atoms with Gasteiger partial charge in [0.15, 0.2) is 11.0 Å². The lowest BCUT2D eigenvalue weighted by Crippen LogP contribution is -2.45. The maximum absolute atomic E-state index is 12.2. The van der Waals surface area contributed by atoms with Crippen molar-refractivity contribution in [2.75, 3.05) is 23.7 Å². The number of nitrogens with one attached hydrogen (secondary N) is 2. The van der Waals surface area contributed by atoms with Crippen LogP contribution in [-0.2, 0) is 11.3 Å². The second kappa shape index (κ2) is 11.9. The van der Waals surface area contributed by atoms with Gasteiger partial charge in [0, 0.05) is 36.9 Å². The summed E-state index contributed by atoms with van der Waals surface area (Å²) in [7, 11) is 0. The first kappa shape index (κ1) is 24.1. The summed E-state index contributed by atoms with van der Waals surface area (Å²) < 4.78 is 1.99. The zero-order chi connectivity index (χ0) is 22.9. The first-order chi connectivity index (χ1) is 15.5. The average Bonchev–Trinajstić information content (AvgIpc) is 3.22. The number of amides is 3. The smallest absolute Gasteiger partial charge is 0.321 e. The number of nitrogens with zero attached hydrogens (tertiary/aromatic N) is 4. The summed E-state index contributed by atoms with van der Waals surface area (Å²) in [5.74, 6) is 0.549. The molecular weight excluding hydrogens is 424 g/mol. The highest BCUT2D eigenvalue weighted by molar-refractivity contribution is 7.99. The van der Waals surface area contributed by atoms with Crippen LogP contribution in [0.4, 0.5) is 10.5 Å². The zero-order valence-electron chi connectivity index (χ0n) is 19.3. The number of rotatable bonds is 9. The molecule has 174 valence electrons. The van der Waals surface area contributed by atoms with E-state index >= 15 is 0 Å². The van der Waals surface area contributed by atoms with Crippen molar-refractivity contribution < 1.29 is 9.59 Å². The van der Waals surface area contributed by atoms with Gasteiger partial charge in [-0.3, -0.25) is 10.1 Å². The Labute approximate surface area is 194 Å². The normalized spacial score (nSPS) is 14.2. The molecule has 3 rings (SSSR count). The van der Waals surface area contributed by atoms with Gasteiger partial charge >= 0.3 is 6.03 Å². The number of hydrogen-bond acceptors (Lipinski definition) is 6. The summed E-state index contributed by atoms with van der Waals surface area (Å²) in [5, 5.41) is 14.6. The van der Waals surface area contributed by atoms with E-state index in [1.54, 1.807) is 0 Å². The van der Waals surface area contributed by atoms with E-state index < -0.39 is 6.03 Å². The number of carbonyl (C=O) groups excluding carboxylic acids is 2. The van der Waals surface area contributed by atoms with Crippen LogP contribution >= 0.6 is 11.8 Å². The molecule has 0 aliphatic heterocycles. The fourth-order valence-corrected chi connectivity index (χ4v) is 4.87. The third-order valence-corrected chi connectivity index (χ3v) is 6.78. The SMILES string of the molecule is CCN(CC)c1ccc(-c2nnc(SCC(=O)NC(=O)NC3CCCCC3)n2CC)cc1. The Bertz CT molecular complexity index is 888. The van der Waals surface area contributed by atoms with Gasteiger partial charge in [-0.05, 0) is 57.9 Å². The van der Waals surface area contributed by atoms with Crippen LogP contribution < -0.4 is 15.5 Å². The highest BCUT2D eigenvalue weighted by Crippen LogP contribution is 2.26. The molecule has 3 amide bonds. The summed E-state index contributed by atoms with van der Waals surface area (Å²) in [6, 6.07) is 8.07. The fourth-order valence-electron chi connectivity index (χ4n) is 4.07. The molecule has 2 N–H and O–H groups in total. The molecule has 1 saturated carbocycles. The van der Waals surface area contributed by atoms with Crippen molar-refractivity contribution in [3.63, 3.8) is 0 Å². The third kappa shape index (κ3) is 6.25. The second-order valence-electron chi connectivity index (χ2n) is 7.91. The summed E-state index contributed by atoms with van der Waals surface area (Å²) in [6.45, 7) is 8.92. The Balaban J connectivity index is 1.57. The minimum atomic E-state index is -0.409. The Kier molecular flexibility index (Phi) is 8.96. The van der Waals surface area contributed by atoms with Crippen molar-refractivity contribution in [3.8, 4) is 11.4 Å². The molecule has 2 aromatic rings. The molecule has 9 heteroatoms. The lowest BCUT2D eigenvalue weighted by molar-refractivity contribution is -0.117.